The molecule has 3 aromatic rings. The van der Waals surface area contributed by atoms with E-state index in [0.29, 0.717) is 0 Å². The van der Waals surface area contributed by atoms with Crippen molar-refractivity contribution >= 4 is 32.7 Å². The lowest BCUT2D eigenvalue weighted by molar-refractivity contribution is -0.121. The van der Waals surface area contributed by atoms with Crippen LogP contribution in [-0.4, -0.2) is 41.6 Å². The summed E-state index contributed by atoms with van der Waals surface area (Å²) in [4.78, 5) is 41.6. The van der Waals surface area contributed by atoms with Gasteiger partial charge in [0.05, 0.1) is 15.8 Å². The predicted molar refractivity (Wildman–Crippen MR) is 103 cm³/mol. The molecule has 0 aliphatic rings. The summed E-state index contributed by atoms with van der Waals surface area (Å²) in [6.45, 7) is -1.71. The number of aromatic nitrogens is 3. The molecule has 14 heteroatoms. The Morgan fingerprint density at radius 3 is 2.45 bits per heavy atom. The van der Waals surface area contributed by atoms with Crippen molar-refractivity contribution in [2.45, 2.75) is 11.1 Å². The second-order valence-electron chi connectivity index (χ2n) is 6.33. The molecule has 10 nitrogen and oxygen atoms in total. The van der Waals surface area contributed by atoms with Crippen LogP contribution in [0.15, 0.2) is 51.0 Å². The van der Waals surface area contributed by atoms with Crippen molar-refractivity contribution < 1.29 is 26.4 Å². The van der Waals surface area contributed by atoms with E-state index in [0.717, 1.165) is 22.9 Å². The van der Waals surface area contributed by atoms with E-state index in [1.807, 2.05) is 0 Å². The van der Waals surface area contributed by atoms with Gasteiger partial charge in [-0.1, -0.05) is 0 Å². The van der Waals surface area contributed by atoms with Crippen LogP contribution in [0.4, 0.5) is 18.9 Å². The van der Waals surface area contributed by atoms with E-state index in [4.69, 9.17) is 0 Å². The smallest absolute Gasteiger partial charge is 0.322 e. The maximum atomic E-state index is 12.4. The van der Waals surface area contributed by atoms with Crippen LogP contribution in [-0.2, 0) is 17.1 Å². The lowest BCUT2D eigenvalue weighted by Crippen LogP contribution is -2.33. The fourth-order valence-corrected chi connectivity index (χ4v) is 3.56. The van der Waals surface area contributed by atoms with Gasteiger partial charge in [-0.05, 0) is 30.3 Å². The highest BCUT2D eigenvalue weighted by Crippen LogP contribution is 2.18. The number of anilines is 1. The number of H-pyrrole nitrogens is 1. The molecule has 0 saturated heterocycles. The van der Waals surface area contributed by atoms with E-state index in [1.165, 1.54) is 30.0 Å². The van der Waals surface area contributed by atoms with Crippen LogP contribution >= 0.6 is 0 Å². The van der Waals surface area contributed by atoms with Crippen molar-refractivity contribution in [3.63, 3.8) is 0 Å². The number of amides is 1. The summed E-state index contributed by atoms with van der Waals surface area (Å²) in [6, 6.07) is 5.65. The van der Waals surface area contributed by atoms with Crippen molar-refractivity contribution in [1.82, 2.24) is 19.3 Å². The summed E-state index contributed by atoms with van der Waals surface area (Å²) in [5.41, 5.74) is -1.18. The highest BCUT2D eigenvalue weighted by atomic mass is 32.2. The molecular weight excluding hydrogens is 443 g/mol. The molecule has 1 aromatic carbocycles. The Bertz CT molecular complexity index is 1380. The largest absolute Gasteiger partial charge is 0.402 e. The van der Waals surface area contributed by atoms with E-state index in [1.54, 1.807) is 0 Å². The lowest BCUT2D eigenvalue weighted by Gasteiger charge is -2.10. The van der Waals surface area contributed by atoms with Crippen molar-refractivity contribution in [3.05, 3.63) is 62.9 Å². The van der Waals surface area contributed by atoms with Crippen LogP contribution in [0.1, 0.15) is 10.4 Å². The van der Waals surface area contributed by atoms with Gasteiger partial charge in [0.15, 0.2) is 0 Å². The van der Waals surface area contributed by atoms with Gasteiger partial charge >= 0.3 is 11.9 Å². The molecule has 0 atom stereocenters. The summed E-state index contributed by atoms with van der Waals surface area (Å²) in [5.74, 6) is -0.687. The molecule has 2 heterocycles. The summed E-state index contributed by atoms with van der Waals surface area (Å²) in [7, 11) is -2.99. The maximum Gasteiger partial charge on any atom is 0.402 e. The van der Waals surface area contributed by atoms with E-state index in [9.17, 15) is 36.0 Å². The Kier molecular flexibility index (Phi) is 5.69. The number of rotatable bonds is 5. The molecule has 164 valence electrons. The van der Waals surface area contributed by atoms with Gasteiger partial charge in [0.2, 0.25) is 10.0 Å². The number of pyridine rings is 1. The fraction of sp³-hybridized carbons (Fsp3) is 0.176. The minimum atomic E-state index is -4.71. The molecule has 0 radical (unpaired) electrons. The highest BCUT2D eigenvalue weighted by Gasteiger charge is 2.30. The molecule has 0 spiro atoms. The minimum absolute atomic E-state index is 0.00642. The first-order valence-electron chi connectivity index (χ1n) is 8.44. The minimum Gasteiger partial charge on any atom is -0.322 e. The maximum absolute atomic E-state index is 12.4. The number of benzene rings is 1. The molecule has 0 aliphatic carbocycles. The average Bonchev–Trinajstić information content (AvgIpc) is 2.70. The first-order valence-corrected chi connectivity index (χ1v) is 9.92. The quantitative estimate of drug-likeness (QED) is 0.515. The summed E-state index contributed by atoms with van der Waals surface area (Å²) in [5, 5.41) is 2.45. The van der Waals surface area contributed by atoms with Crippen LogP contribution in [0, 0.1) is 0 Å². The number of hydrogen-bond acceptors (Lipinski definition) is 6. The van der Waals surface area contributed by atoms with E-state index in [2.05, 4.69) is 15.3 Å². The normalized spacial score (nSPS) is 12.1. The summed E-state index contributed by atoms with van der Waals surface area (Å²) < 4.78 is 62.9. The van der Waals surface area contributed by atoms with Crippen LogP contribution < -0.4 is 21.3 Å². The second-order valence-corrected chi connectivity index (χ2v) is 8.10. The van der Waals surface area contributed by atoms with Crippen molar-refractivity contribution in [2.75, 3.05) is 11.9 Å². The van der Waals surface area contributed by atoms with Gasteiger partial charge in [-0.2, -0.15) is 13.2 Å². The van der Waals surface area contributed by atoms with Crippen molar-refractivity contribution in [3.8, 4) is 0 Å². The number of aryl methyl sites for hydroxylation is 1. The number of aromatic amines is 1. The summed E-state index contributed by atoms with van der Waals surface area (Å²) in [6.07, 6.45) is -3.56. The summed E-state index contributed by atoms with van der Waals surface area (Å²) >= 11 is 0. The Morgan fingerprint density at radius 1 is 1.19 bits per heavy atom. The Morgan fingerprint density at radius 2 is 1.84 bits per heavy atom. The number of halogens is 3. The molecule has 0 unspecified atom stereocenters. The molecular formula is C17H14F3N5O5S. The third-order valence-corrected chi connectivity index (χ3v) is 5.52. The zero-order valence-electron chi connectivity index (χ0n) is 15.6. The molecule has 3 rings (SSSR count). The number of nitrogens with one attached hydrogen (secondary N) is 3. The average molecular weight is 457 g/mol. The van der Waals surface area contributed by atoms with Gasteiger partial charge in [-0.3, -0.25) is 19.1 Å². The number of carbonyl (C=O) groups is 1. The number of hydrogen-bond donors (Lipinski definition) is 3. The van der Waals surface area contributed by atoms with Crippen molar-refractivity contribution in [2.24, 2.45) is 7.05 Å². The van der Waals surface area contributed by atoms with Crippen LogP contribution in [0.3, 0.4) is 0 Å². The molecule has 0 aliphatic heterocycles. The Labute approximate surface area is 171 Å². The van der Waals surface area contributed by atoms with Gasteiger partial charge in [-0.15, -0.1) is 0 Å². The number of nitrogens with zero attached hydrogens (tertiary/aromatic N) is 2. The van der Waals surface area contributed by atoms with Gasteiger partial charge in [-0.25, -0.2) is 22.9 Å². The van der Waals surface area contributed by atoms with Gasteiger partial charge < -0.3 is 5.32 Å². The SMILES string of the molecule is Cn1c(=O)[nH]c(=O)c2cc(C(=O)Nc3ccc(S(=O)(=O)NCC(F)(F)F)cc3)cnc21. The van der Waals surface area contributed by atoms with Crippen molar-refractivity contribution in [1.29, 1.82) is 0 Å². The topological polar surface area (TPSA) is 143 Å². The fourth-order valence-electron chi connectivity index (χ4n) is 2.54. The Balaban J connectivity index is 1.80. The standard InChI is InChI=1S/C17H14F3N5O5S/c1-25-13-12(15(27)24-16(25)28)6-9(7-21-13)14(26)23-10-2-4-11(5-3-10)31(29,30)22-8-17(18,19)20/h2-7,22H,8H2,1H3,(H,23,26)(H,24,27,28). The van der Waals surface area contributed by atoms with E-state index in [-0.39, 0.29) is 22.3 Å². The number of fused-ring (bicyclic) bond motifs is 1. The predicted octanol–water partition coefficient (Wildman–Crippen LogP) is 0.715. The molecule has 31 heavy (non-hydrogen) atoms. The zero-order chi connectivity index (χ0) is 23.0. The molecule has 0 fully saturated rings. The first-order chi connectivity index (χ1) is 14.4. The third kappa shape index (κ3) is 4.97. The van der Waals surface area contributed by atoms with Crippen LogP contribution in [0.25, 0.3) is 11.0 Å². The molecule has 0 saturated carbocycles. The highest BCUT2D eigenvalue weighted by molar-refractivity contribution is 7.89. The van der Waals surface area contributed by atoms with Crippen LogP contribution in [0.2, 0.25) is 0 Å². The number of carbonyl (C=O) groups excluding carboxylic acids is 1. The van der Waals surface area contributed by atoms with Gasteiger partial charge in [0, 0.05) is 18.9 Å². The van der Waals surface area contributed by atoms with E-state index < -0.39 is 44.8 Å². The van der Waals surface area contributed by atoms with Crippen LogP contribution in [0.5, 0.6) is 0 Å². The number of alkyl halides is 3. The molecule has 1 amide bonds. The Hall–Kier alpha value is -3.52. The van der Waals surface area contributed by atoms with E-state index >= 15 is 0 Å². The monoisotopic (exact) mass is 457 g/mol. The van der Waals surface area contributed by atoms with Gasteiger partial charge in [0.1, 0.15) is 12.2 Å². The molecule has 3 N–H and O–H groups in total. The molecule has 2 aromatic heterocycles. The number of sulfonamides is 1. The second kappa shape index (κ2) is 7.96. The zero-order valence-corrected chi connectivity index (χ0v) is 16.5. The molecule has 0 bridgehead atoms. The van der Waals surface area contributed by atoms with Gasteiger partial charge in [0.25, 0.3) is 11.5 Å². The lowest BCUT2D eigenvalue weighted by atomic mass is 10.2. The first kappa shape index (κ1) is 22.2. The third-order valence-electron chi connectivity index (χ3n) is 4.10.